The summed E-state index contributed by atoms with van der Waals surface area (Å²) < 4.78 is 7.00. The van der Waals surface area contributed by atoms with Gasteiger partial charge in [-0.1, -0.05) is 141 Å². The summed E-state index contributed by atoms with van der Waals surface area (Å²) in [6.07, 6.45) is 15.8. The van der Waals surface area contributed by atoms with E-state index in [0.29, 0.717) is 63.3 Å². The fraction of sp³-hybridized carbons (Fsp3) is 0.315. The SMILES string of the molecule is CC(=O)O/N=C(/CCC1CCCC1)c1cc2c3c(c1)c1cc(C(=O)c4cccc(C)c4)ccc1n3CC2C.CC(=O)O/N=C(\CC1CCCCC1)C(=O)c1cc2c3c(c1)c1cc(C(=O)c4ccsc4)ccc1n3CCC2.CC(=O)ONC1CCn2c3ccc(C(=O)c4ccccc4C)cc3c3cccc1c32. The Hall–Kier alpha value is -10.8. The maximum absolute atomic E-state index is 13.9. The Morgan fingerprint density at radius 3 is 1.79 bits per heavy atom. The van der Waals surface area contributed by atoms with E-state index in [1.807, 2.05) is 146 Å². The molecule has 8 aromatic carbocycles. The van der Waals surface area contributed by atoms with Gasteiger partial charge in [-0.25, -0.2) is 9.59 Å². The van der Waals surface area contributed by atoms with Gasteiger partial charge < -0.3 is 28.2 Å². The van der Waals surface area contributed by atoms with Crippen LogP contribution in [0.3, 0.4) is 0 Å². The lowest BCUT2D eigenvalue weighted by Crippen LogP contribution is -2.28. The molecule has 3 aliphatic heterocycles. The summed E-state index contributed by atoms with van der Waals surface area (Å²) >= 11 is 1.51. The standard InChI is InChI=1S/C33H34N2O3.C31H30N2O4S.C25H22N2O3/c1-20-7-6-10-24(15-20)33(37)25-12-14-31-28(16-25)29-18-26(17-27-21(2)19-35(31)32(27)29)30(34-38-22(3)36)13-11-23-8-4-5-9-23;1-19(34)37-32-27(14-20-6-3-2-4-7-20)31(36)24-15-21-8-5-12-33-28-10-9-22(30(35)23-11-13-38-18-23)16-25(28)26(17-24)29(21)33;1-15-6-3-4-7-18(15)25(29)17-10-11-23-21(14-17)19-8-5-9-20-22(26-30-16(2)28)12-13-27(23)24(19)20/h6-7,10,12,14-18,21,23H,4-5,8-9,11,13,19H2,1-3H3;9-11,13,15-18,20H,2-8,12,14H2,1H3;3-11,14,22,26H,12-13H2,1-2H3/b34-30-;32-27+;. The van der Waals surface area contributed by atoms with Crippen molar-refractivity contribution < 1.29 is 48.1 Å². The Bertz CT molecular complexity index is 5600. The topological polar surface area (TPSA) is 199 Å². The van der Waals surface area contributed by atoms with Crippen molar-refractivity contribution in [3.63, 3.8) is 0 Å². The van der Waals surface area contributed by atoms with Crippen LogP contribution in [0.1, 0.15) is 221 Å². The van der Waals surface area contributed by atoms with E-state index in [0.717, 1.165) is 176 Å². The molecule has 2 unspecified atom stereocenters. The first-order valence-electron chi connectivity index (χ1n) is 37.4. The maximum atomic E-state index is 13.9. The van der Waals surface area contributed by atoms with Crippen LogP contribution in [0, 0.1) is 25.7 Å². The minimum absolute atomic E-state index is 0.000315. The highest BCUT2D eigenvalue weighted by Crippen LogP contribution is 2.44. The number of carbonyl (C=O) groups excluding carboxylic acids is 7. The number of nitrogens with zero attached hydrogens (tertiary/aromatic N) is 5. The van der Waals surface area contributed by atoms with Crippen molar-refractivity contribution in [3.8, 4) is 0 Å². The van der Waals surface area contributed by atoms with Gasteiger partial charge in [0.15, 0.2) is 17.3 Å². The molecule has 1 N–H and O–H groups in total. The Morgan fingerprint density at radius 2 is 1.10 bits per heavy atom. The molecule has 5 aliphatic rings. The van der Waals surface area contributed by atoms with Crippen molar-refractivity contribution in [2.75, 3.05) is 0 Å². The van der Waals surface area contributed by atoms with Gasteiger partial charge in [0.1, 0.15) is 5.71 Å². The molecule has 0 saturated heterocycles. The Labute approximate surface area is 619 Å². The highest BCUT2D eigenvalue weighted by Gasteiger charge is 2.31. The molecule has 2 fully saturated rings. The number of oxime groups is 2. The summed E-state index contributed by atoms with van der Waals surface area (Å²) in [7, 11) is 0. The van der Waals surface area contributed by atoms with Crippen molar-refractivity contribution >= 4 is 129 Å². The smallest absolute Gasteiger partial charge is 0.331 e. The second kappa shape index (κ2) is 30.4. The van der Waals surface area contributed by atoms with E-state index in [2.05, 4.69) is 66.7 Å². The lowest BCUT2D eigenvalue weighted by molar-refractivity contribution is -0.150. The summed E-state index contributed by atoms with van der Waals surface area (Å²) in [6, 6.07) is 49.7. The van der Waals surface area contributed by atoms with Gasteiger partial charge in [0.25, 0.3) is 0 Å². The number of aromatic nitrogens is 3. The predicted molar refractivity (Wildman–Crippen MR) is 419 cm³/mol. The monoisotopic (exact) mass is 1430 g/mol. The minimum atomic E-state index is -0.532. The molecule has 2 aliphatic carbocycles. The highest BCUT2D eigenvalue weighted by atomic mass is 32.1. The normalized spacial score (nSPS) is 16.5. The fourth-order valence-corrected chi connectivity index (χ4v) is 17.8. The molecule has 0 bridgehead atoms. The third-order valence-corrected chi connectivity index (χ3v) is 22.9. The molecule has 4 aromatic heterocycles. The van der Waals surface area contributed by atoms with Gasteiger partial charge in [0.2, 0.25) is 5.78 Å². The highest BCUT2D eigenvalue weighted by molar-refractivity contribution is 7.08. The number of hydrogen-bond donors (Lipinski definition) is 1. The van der Waals surface area contributed by atoms with Gasteiger partial charge in [-0.05, 0) is 183 Å². The summed E-state index contributed by atoms with van der Waals surface area (Å²) in [4.78, 5) is 103. The number of benzene rings is 8. The van der Waals surface area contributed by atoms with Gasteiger partial charge in [-0.2, -0.15) is 11.3 Å². The quantitative estimate of drug-likeness (QED) is 0.0371. The molecule has 7 heterocycles. The van der Waals surface area contributed by atoms with Gasteiger partial charge >= 0.3 is 17.9 Å². The molecule has 0 spiro atoms. The van der Waals surface area contributed by atoms with E-state index in [1.165, 1.54) is 75.3 Å². The van der Waals surface area contributed by atoms with Crippen LogP contribution in [0.15, 0.2) is 173 Å². The largest absolute Gasteiger partial charge is 0.370 e. The third kappa shape index (κ3) is 14.2. The van der Waals surface area contributed by atoms with Crippen LogP contribution in [0.4, 0.5) is 0 Å². The van der Waals surface area contributed by atoms with Crippen LogP contribution >= 0.6 is 11.3 Å². The Morgan fingerprint density at radius 1 is 0.500 bits per heavy atom. The van der Waals surface area contributed by atoms with Gasteiger partial charge in [-0.15, -0.1) is 5.48 Å². The van der Waals surface area contributed by atoms with E-state index < -0.39 is 11.9 Å². The minimum Gasteiger partial charge on any atom is -0.370 e. The Kier molecular flexibility index (Phi) is 20.3. The number of ketones is 4. The molecule has 2 atom stereocenters. The van der Waals surface area contributed by atoms with Crippen LogP contribution in [-0.2, 0) is 55.0 Å². The fourth-order valence-electron chi connectivity index (χ4n) is 17.1. The van der Waals surface area contributed by atoms with Crippen LogP contribution < -0.4 is 5.48 Å². The Balaban J connectivity index is 0.000000128. The summed E-state index contributed by atoms with van der Waals surface area (Å²) in [5.41, 5.74) is 22.2. The summed E-state index contributed by atoms with van der Waals surface area (Å²) in [5.74, 6) is 0.0515. The number of nitrogens with one attached hydrogen (secondary N) is 1. The number of para-hydroxylation sites is 1. The number of fused-ring (bicyclic) bond motifs is 9. The van der Waals surface area contributed by atoms with Crippen molar-refractivity contribution in [1.82, 2.24) is 19.2 Å². The van der Waals surface area contributed by atoms with Crippen LogP contribution in [0.2, 0.25) is 0 Å². The first-order chi connectivity index (χ1) is 51.4. The average Bonchev–Trinajstić information content (AvgIpc) is 1.57. The summed E-state index contributed by atoms with van der Waals surface area (Å²) in [5, 5.41) is 18.5. The molecule has 17 heteroatoms. The second-order valence-electron chi connectivity index (χ2n) is 29.6. The predicted octanol–water partition coefficient (Wildman–Crippen LogP) is 19.6. The maximum Gasteiger partial charge on any atom is 0.331 e. The first-order valence-corrected chi connectivity index (χ1v) is 38.4. The second-order valence-corrected chi connectivity index (χ2v) is 30.3. The zero-order valence-electron chi connectivity index (χ0n) is 60.9. The van der Waals surface area contributed by atoms with E-state index in [4.69, 9.17) is 14.5 Å². The number of hydroxylamine groups is 1. The number of thiophene rings is 1. The molecular formula is C89H86N6O10S. The lowest BCUT2D eigenvalue weighted by atomic mass is 9.84. The summed E-state index contributed by atoms with van der Waals surface area (Å²) in [6.45, 7) is 12.9. The zero-order valence-corrected chi connectivity index (χ0v) is 61.7. The number of hydrogen-bond acceptors (Lipinski definition) is 14. The first kappa shape index (κ1) is 70.9. The third-order valence-electron chi connectivity index (χ3n) is 22.3. The molecule has 2 saturated carbocycles. The molecular weight excluding hydrogens is 1350 g/mol. The van der Waals surface area contributed by atoms with Crippen LogP contribution in [-0.4, -0.2) is 66.2 Å². The van der Waals surface area contributed by atoms with Crippen molar-refractivity contribution in [2.24, 2.45) is 22.1 Å². The van der Waals surface area contributed by atoms with Crippen molar-refractivity contribution in [3.05, 3.63) is 235 Å². The van der Waals surface area contributed by atoms with Crippen LogP contribution in [0.5, 0.6) is 0 Å². The van der Waals surface area contributed by atoms with E-state index in [1.54, 1.807) is 0 Å². The van der Waals surface area contributed by atoms with E-state index in [-0.39, 0.29) is 35.1 Å². The van der Waals surface area contributed by atoms with E-state index in [9.17, 15) is 33.6 Å². The zero-order chi connectivity index (χ0) is 73.4. The molecule has 0 amide bonds. The number of aryl methyl sites for hydroxylation is 5. The molecule has 16 nitrogen and oxygen atoms in total. The van der Waals surface area contributed by atoms with Gasteiger partial charge in [0.05, 0.1) is 28.3 Å². The van der Waals surface area contributed by atoms with Crippen molar-refractivity contribution in [2.45, 2.75) is 169 Å². The number of Topliss-reactive ketones (excluding diaryl/α,β-unsaturated/α-hetero) is 1. The number of rotatable bonds is 18. The number of carbonyl (C=O) groups is 7. The van der Waals surface area contributed by atoms with Gasteiger partial charge in [-0.3, -0.25) is 24.0 Å². The molecule has 12 aromatic rings. The van der Waals surface area contributed by atoms with Crippen molar-refractivity contribution in [1.29, 1.82) is 0 Å². The molecule has 0 radical (unpaired) electrons. The van der Waals surface area contributed by atoms with Gasteiger partial charge in [0, 0.05) is 145 Å². The molecule has 17 rings (SSSR count). The lowest BCUT2D eigenvalue weighted by Gasteiger charge is -2.25. The van der Waals surface area contributed by atoms with E-state index >= 15 is 0 Å². The van der Waals surface area contributed by atoms with Crippen LogP contribution in [0.25, 0.3) is 65.4 Å². The average molecular weight is 1430 g/mol. The molecule has 538 valence electrons. The molecule has 106 heavy (non-hydrogen) atoms.